The molecule has 192 valence electrons. The summed E-state index contributed by atoms with van der Waals surface area (Å²) in [5.41, 5.74) is 2.34. The Hall–Kier alpha value is -3.73. The number of rotatable bonds is 12. The second kappa shape index (κ2) is 14.7. The maximum atomic E-state index is 13.7. The molecule has 2 amide bonds. The number of unbranched alkanes of at least 4 members (excludes halogenated alkanes) is 2. The molecule has 0 radical (unpaired) electrons. The highest BCUT2D eigenvalue weighted by Crippen LogP contribution is 2.31. The van der Waals surface area contributed by atoms with Crippen molar-refractivity contribution in [1.29, 1.82) is 0 Å². The topological polar surface area (TPSA) is 74.1 Å². The Morgan fingerprint density at radius 3 is 2.27 bits per heavy atom. The van der Waals surface area contributed by atoms with Crippen molar-refractivity contribution >= 4 is 40.8 Å². The van der Waals surface area contributed by atoms with E-state index in [0.717, 1.165) is 25.7 Å². The first-order valence-electron chi connectivity index (χ1n) is 12.7. The summed E-state index contributed by atoms with van der Waals surface area (Å²) in [6.45, 7) is 5.11. The molecule has 0 bridgehead atoms. The number of halogens is 1. The largest absolute Gasteiger partial charge is 0.354 e. The van der Waals surface area contributed by atoms with Crippen molar-refractivity contribution in [3.8, 4) is 0 Å². The number of carbonyl (C=O) groups excluding carboxylic acids is 2. The van der Waals surface area contributed by atoms with Gasteiger partial charge >= 0.3 is 0 Å². The Balaban J connectivity index is 2.05. The van der Waals surface area contributed by atoms with E-state index < -0.39 is 6.04 Å². The molecule has 3 rings (SSSR count). The summed E-state index contributed by atoms with van der Waals surface area (Å²) in [6.07, 6.45) is 3.46. The molecule has 1 N–H and O–H groups in total. The number of para-hydroxylation sites is 1. The van der Waals surface area contributed by atoms with Crippen molar-refractivity contribution in [1.82, 2.24) is 10.2 Å². The zero-order chi connectivity index (χ0) is 26.5. The van der Waals surface area contributed by atoms with E-state index in [1.165, 1.54) is 0 Å². The average molecular weight is 517 g/mol. The monoisotopic (exact) mass is 516 g/mol. The normalized spacial score (nSPS) is 11.2. The smallest absolute Gasteiger partial charge is 0.254 e. The van der Waals surface area contributed by atoms with E-state index in [-0.39, 0.29) is 11.8 Å². The van der Waals surface area contributed by atoms with Crippen molar-refractivity contribution in [3.05, 3.63) is 95.0 Å². The summed E-state index contributed by atoms with van der Waals surface area (Å²) in [5.74, 6) is -0.426. The lowest BCUT2D eigenvalue weighted by atomic mass is 10.00. The van der Waals surface area contributed by atoms with Gasteiger partial charge in [-0.3, -0.25) is 9.59 Å². The number of amides is 2. The van der Waals surface area contributed by atoms with Gasteiger partial charge in [0, 0.05) is 29.2 Å². The lowest BCUT2D eigenvalue weighted by Gasteiger charge is -2.32. The molecule has 1 atom stereocenters. The zero-order valence-corrected chi connectivity index (χ0v) is 22.1. The summed E-state index contributed by atoms with van der Waals surface area (Å²) in [4.78, 5) is 37.7. The van der Waals surface area contributed by atoms with Crippen molar-refractivity contribution in [2.45, 2.75) is 45.6 Å². The predicted molar refractivity (Wildman–Crippen MR) is 150 cm³/mol. The summed E-state index contributed by atoms with van der Waals surface area (Å²) < 4.78 is 0. The third-order valence-corrected chi connectivity index (χ3v) is 6.08. The molecule has 37 heavy (non-hydrogen) atoms. The average Bonchev–Trinajstić information content (AvgIpc) is 2.93. The van der Waals surface area contributed by atoms with E-state index in [9.17, 15) is 9.59 Å². The quantitative estimate of drug-likeness (QED) is 0.201. The molecule has 7 heteroatoms. The third-order valence-electron chi connectivity index (χ3n) is 5.83. The molecule has 0 aromatic heterocycles. The van der Waals surface area contributed by atoms with Gasteiger partial charge in [-0.05, 0) is 55.3 Å². The van der Waals surface area contributed by atoms with Crippen LogP contribution in [-0.2, 0) is 4.79 Å². The lowest BCUT2D eigenvalue weighted by molar-refractivity contribution is -0.126. The highest BCUT2D eigenvalue weighted by molar-refractivity contribution is 6.30. The Kier molecular flexibility index (Phi) is 11.1. The van der Waals surface area contributed by atoms with Crippen LogP contribution in [-0.4, -0.2) is 35.8 Å². The Bertz CT molecular complexity index is 1220. The standard InChI is InChI=1S/C30H33ClN4O2/c1-3-5-20-32-29(36)28(35(21-6-4-2)30(37)23-12-8-7-9-13-23)26-14-10-11-15-27(26)34-22-33-25-18-16-24(31)17-19-25/h7-19,28H,3-6,20-21H2,1-2H3,(H,32,36). The van der Waals surface area contributed by atoms with Crippen molar-refractivity contribution in [2.75, 3.05) is 13.1 Å². The SMILES string of the molecule is CCCCNC(=O)C(c1ccccc1N=C=Nc1ccc(Cl)cc1)N(CCCC)C(=O)c1ccccc1. The molecule has 0 saturated carbocycles. The van der Waals surface area contributed by atoms with E-state index in [1.54, 1.807) is 47.4 Å². The summed E-state index contributed by atoms with van der Waals surface area (Å²) in [6, 6.07) is 25.3. The third kappa shape index (κ3) is 8.14. The Morgan fingerprint density at radius 2 is 1.57 bits per heavy atom. The fourth-order valence-electron chi connectivity index (χ4n) is 3.83. The van der Waals surface area contributed by atoms with Crippen molar-refractivity contribution in [2.24, 2.45) is 9.98 Å². The molecule has 0 aliphatic rings. The van der Waals surface area contributed by atoms with E-state index >= 15 is 0 Å². The van der Waals surface area contributed by atoms with Gasteiger partial charge in [-0.1, -0.05) is 74.7 Å². The zero-order valence-electron chi connectivity index (χ0n) is 21.4. The first-order valence-corrected chi connectivity index (χ1v) is 13.1. The summed E-state index contributed by atoms with van der Waals surface area (Å²) >= 11 is 5.95. The van der Waals surface area contributed by atoms with Crippen LogP contribution in [0, 0.1) is 0 Å². The predicted octanol–water partition coefficient (Wildman–Crippen LogP) is 7.38. The fourth-order valence-corrected chi connectivity index (χ4v) is 3.96. The molecule has 0 aliphatic heterocycles. The molecule has 0 spiro atoms. The fraction of sp³-hybridized carbons (Fsp3) is 0.300. The Labute approximate surface area is 224 Å². The second-order valence-electron chi connectivity index (χ2n) is 8.62. The molecule has 0 fully saturated rings. The van der Waals surface area contributed by atoms with Crippen LogP contribution < -0.4 is 5.32 Å². The number of carbonyl (C=O) groups is 2. The van der Waals surface area contributed by atoms with Crippen LogP contribution in [0.3, 0.4) is 0 Å². The van der Waals surface area contributed by atoms with Crippen LogP contribution in [0.5, 0.6) is 0 Å². The van der Waals surface area contributed by atoms with Gasteiger partial charge < -0.3 is 10.2 Å². The number of nitrogens with one attached hydrogen (secondary N) is 1. The molecular weight excluding hydrogens is 484 g/mol. The van der Waals surface area contributed by atoms with E-state index in [4.69, 9.17) is 11.6 Å². The van der Waals surface area contributed by atoms with Gasteiger partial charge in [0.2, 0.25) is 5.91 Å². The molecular formula is C30H33ClN4O2. The summed E-state index contributed by atoms with van der Waals surface area (Å²) in [7, 11) is 0. The van der Waals surface area contributed by atoms with Gasteiger partial charge in [-0.2, -0.15) is 9.98 Å². The van der Waals surface area contributed by atoms with Crippen LogP contribution in [0.4, 0.5) is 11.4 Å². The van der Waals surface area contributed by atoms with Crippen LogP contribution in [0.1, 0.15) is 61.5 Å². The molecule has 3 aromatic rings. The van der Waals surface area contributed by atoms with Gasteiger partial charge in [0.25, 0.3) is 5.91 Å². The highest BCUT2D eigenvalue weighted by atomic mass is 35.5. The van der Waals surface area contributed by atoms with Crippen molar-refractivity contribution in [3.63, 3.8) is 0 Å². The van der Waals surface area contributed by atoms with Gasteiger partial charge in [0.1, 0.15) is 12.1 Å². The van der Waals surface area contributed by atoms with E-state index in [0.29, 0.717) is 40.6 Å². The number of hydrogen-bond acceptors (Lipinski definition) is 4. The maximum absolute atomic E-state index is 13.7. The minimum atomic E-state index is -0.853. The van der Waals surface area contributed by atoms with Crippen molar-refractivity contribution < 1.29 is 9.59 Å². The number of hydrogen-bond donors (Lipinski definition) is 1. The molecule has 0 aliphatic carbocycles. The first kappa shape index (κ1) is 27.9. The van der Waals surface area contributed by atoms with Crippen LogP contribution >= 0.6 is 11.6 Å². The minimum absolute atomic E-state index is 0.196. The lowest BCUT2D eigenvalue weighted by Crippen LogP contribution is -2.44. The summed E-state index contributed by atoms with van der Waals surface area (Å²) in [5, 5.41) is 3.65. The maximum Gasteiger partial charge on any atom is 0.254 e. The van der Waals surface area contributed by atoms with Crippen LogP contribution in [0.15, 0.2) is 88.8 Å². The molecule has 3 aromatic carbocycles. The minimum Gasteiger partial charge on any atom is -0.354 e. The van der Waals surface area contributed by atoms with Gasteiger partial charge in [-0.25, -0.2) is 0 Å². The van der Waals surface area contributed by atoms with Crippen LogP contribution in [0.2, 0.25) is 5.02 Å². The van der Waals surface area contributed by atoms with Gasteiger partial charge in [0.15, 0.2) is 0 Å². The first-order chi connectivity index (χ1) is 18.0. The molecule has 1 unspecified atom stereocenters. The molecule has 0 heterocycles. The Morgan fingerprint density at radius 1 is 0.892 bits per heavy atom. The molecule has 0 saturated heterocycles. The number of aliphatic imine (C=N–C) groups is 2. The van der Waals surface area contributed by atoms with E-state index in [1.807, 2.05) is 36.4 Å². The van der Waals surface area contributed by atoms with Gasteiger partial charge in [-0.15, -0.1) is 0 Å². The van der Waals surface area contributed by atoms with Crippen LogP contribution in [0.25, 0.3) is 0 Å². The van der Waals surface area contributed by atoms with Gasteiger partial charge in [0.05, 0.1) is 11.4 Å². The number of nitrogens with zero attached hydrogens (tertiary/aromatic N) is 3. The second-order valence-corrected chi connectivity index (χ2v) is 9.06. The molecule has 6 nitrogen and oxygen atoms in total. The highest BCUT2D eigenvalue weighted by Gasteiger charge is 2.33. The number of benzene rings is 3. The van der Waals surface area contributed by atoms with E-state index in [2.05, 4.69) is 35.2 Å².